The summed E-state index contributed by atoms with van der Waals surface area (Å²) in [6, 6.07) is 15.7. The van der Waals surface area contributed by atoms with Gasteiger partial charge in [-0.25, -0.2) is 4.98 Å². The van der Waals surface area contributed by atoms with Crippen molar-refractivity contribution in [2.75, 3.05) is 18.4 Å². The van der Waals surface area contributed by atoms with E-state index in [0.717, 1.165) is 64.9 Å². The van der Waals surface area contributed by atoms with Gasteiger partial charge in [0.2, 0.25) is 0 Å². The molecule has 0 saturated carbocycles. The molecule has 1 aliphatic heterocycles. The van der Waals surface area contributed by atoms with Crippen LogP contribution >= 0.6 is 0 Å². The van der Waals surface area contributed by atoms with Crippen molar-refractivity contribution in [1.82, 2.24) is 15.3 Å². The number of para-hydroxylation sites is 2. The molecule has 1 amide bonds. The zero-order valence-electron chi connectivity index (χ0n) is 20.1. The van der Waals surface area contributed by atoms with Crippen LogP contribution in [0.25, 0.3) is 10.9 Å². The summed E-state index contributed by atoms with van der Waals surface area (Å²) in [5.41, 5.74) is 5.68. The van der Waals surface area contributed by atoms with Crippen molar-refractivity contribution in [3.8, 4) is 0 Å². The van der Waals surface area contributed by atoms with Crippen LogP contribution in [0.2, 0.25) is 0 Å². The number of pyridine rings is 1. The summed E-state index contributed by atoms with van der Waals surface area (Å²) >= 11 is 0. The third kappa shape index (κ3) is 4.83. The van der Waals surface area contributed by atoms with Crippen molar-refractivity contribution in [2.24, 2.45) is 0 Å². The molecule has 0 atom stereocenters. The van der Waals surface area contributed by atoms with Crippen LogP contribution in [0.1, 0.15) is 63.3 Å². The molecule has 0 radical (unpaired) electrons. The standard InChI is InChI=1S/C28H30N4O3/c1-17-14-22(16-33)23-8-5-7-21(26(23)30-17)15-20-6-3-4-9-24(20)31-27(34)25-18(2)35-28(32-25)19-10-12-29-13-11-19/h3-9,14,19,29,33H,10-13,15-16H2,1-2H3,(H,31,34). The van der Waals surface area contributed by atoms with Gasteiger partial charge in [0.15, 0.2) is 11.6 Å². The smallest absolute Gasteiger partial charge is 0.277 e. The highest BCUT2D eigenvalue weighted by atomic mass is 16.4. The van der Waals surface area contributed by atoms with Crippen molar-refractivity contribution in [3.63, 3.8) is 0 Å². The molecule has 1 fully saturated rings. The summed E-state index contributed by atoms with van der Waals surface area (Å²) in [5.74, 6) is 1.17. The number of aryl methyl sites for hydroxylation is 2. The highest BCUT2D eigenvalue weighted by molar-refractivity contribution is 6.04. The predicted molar refractivity (Wildman–Crippen MR) is 136 cm³/mol. The maximum atomic E-state index is 13.2. The van der Waals surface area contributed by atoms with Crippen molar-refractivity contribution < 1.29 is 14.3 Å². The largest absolute Gasteiger partial charge is 0.445 e. The lowest BCUT2D eigenvalue weighted by Gasteiger charge is -2.19. The number of nitrogens with zero attached hydrogens (tertiary/aromatic N) is 2. The van der Waals surface area contributed by atoms with Gasteiger partial charge in [-0.2, -0.15) is 0 Å². The summed E-state index contributed by atoms with van der Waals surface area (Å²) < 4.78 is 5.89. The second-order valence-electron chi connectivity index (χ2n) is 9.16. The molecule has 0 bridgehead atoms. The summed E-state index contributed by atoms with van der Waals surface area (Å²) in [4.78, 5) is 22.5. The van der Waals surface area contributed by atoms with Gasteiger partial charge in [0.05, 0.1) is 12.1 Å². The van der Waals surface area contributed by atoms with Gasteiger partial charge in [-0.05, 0) is 68.6 Å². The van der Waals surface area contributed by atoms with E-state index in [1.807, 2.05) is 55.5 Å². The highest BCUT2D eigenvalue weighted by Crippen LogP contribution is 2.29. The van der Waals surface area contributed by atoms with Gasteiger partial charge < -0.3 is 20.2 Å². The van der Waals surface area contributed by atoms with Gasteiger partial charge in [0.1, 0.15) is 5.76 Å². The number of carbonyl (C=O) groups is 1. The molecular formula is C28H30N4O3. The van der Waals surface area contributed by atoms with Crippen LogP contribution in [-0.4, -0.2) is 34.1 Å². The first-order valence-corrected chi connectivity index (χ1v) is 12.1. The minimum absolute atomic E-state index is 0.0354. The van der Waals surface area contributed by atoms with Crippen molar-refractivity contribution in [2.45, 2.75) is 45.6 Å². The number of oxazole rings is 1. The maximum Gasteiger partial charge on any atom is 0.277 e. The Morgan fingerprint density at radius 2 is 1.83 bits per heavy atom. The minimum Gasteiger partial charge on any atom is -0.445 e. The number of benzene rings is 2. The molecule has 2 aromatic carbocycles. The van der Waals surface area contributed by atoms with E-state index in [-0.39, 0.29) is 18.4 Å². The zero-order valence-corrected chi connectivity index (χ0v) is 20.1. The summed E-state index contributed by atoms with van der Waals surface area (Å²) in [6.07, 6.45) is 2.51. The molecule has 35 heavy (non-hydrogen) atoms. The number of piperidine rings is 1. The summed E-state index contributed by atoms with van der Waals surface area (Å²) in [5, 5.41) is 17.1. The van der Waals surface area contributed by atoms with Crippen molar-refractivity contribution in [1.29, 1.82) is 0 Å². The molecule has 180 valence electrons. The van der Waals surface area contributed by atoms with Gasteiger partial charge in [-0.15, -0.1) is 0 Å². The molecule has 0 aliphatic carbocycles. The van der Waals surface area contributed by atoms with E-state index >= 15 is 0 Å². The van der Waals surface area contributed by atoms with Gasteiger partial charge in [-0.1, -0.05) is 36.4 Å². The van der Waals surface area contributed by atoms with Crippen LogP contribution in [0.4, 0.5) is 5.69 Å². The molecular weight excluding hydrogens is 440 g/mol. The molecule has 0 unspecified atom stereocenters. The van der Waals surface area contributed by atoms with Gasteiger partial charge in [-0.3, -0.25) is 9.78 Å². The number of carbonyl (C=O) groups excluding carboxylic acids is 1. The Labute approximate surface area is 204 Å². The van der Waals surface area contributed by atoms with Gasteiger partial charge in [0.25, 0.3) is 5.91 Å². The molecule has 5 rings (SSSR count). The molecule has 0 spiro atoms. The normalized spacial score (nSPS) is 14.4. The minimum atomic E-state index is -0.270. The summed E-state index contributed by atoms with van der Waals surface area (Å²) in [7, 11) is 0. The lowest BCUT2D eigenvalue weighted by Crippen LogP contribution is -2.26. The number of aromatic nitrogens is 2. The number of hydrogen-bond donors (Lipinski definition) is 3. The quantitative estimate of drug-likeness (QED) is 0.380. The van der Waals surface area contributed by atoms with E-state index < -0.39 is 0 Å². The molecule has 4 aromatic rings. The van der Waals surface area contributed by atoms with Crippen LogP contribution in [0.5, 0.6) is 0 Å². The van der Waals surface area contributed by atoms with E-state index in [1.165, 1.54) is 0 Å². The van der Waals surface area contributed by atoms with E-state index in [2.05, 4.69) is 15.6 Å². The SMILES string of the molecule is Cc1cc(CO)c2cccc(Cc3ccccc3NC(=O)c3nc(C4CCNCC4)oc3C)c2n1. The third-order valence-corrected chi connectivity index (χ3v) is 6.67. The fourth-order valence-electron chi connectivity index (χ4n) is 4.85. The summed E-state index contributed by atoms with van der Waals surface area (Å²) in [6.45, 7) is 5.56. The monoisotopic (exact) mass is 470 g/mol. The average Bonchev–Trinajstić information content (AvgIpc) is 3.27. The topological polar surface area (TPSA) is 100 Å². The van der Waals surface area contributed by atoms with Crippen molar-refractivity contribution in [3.05, 3.63) is 88.3 Å². The highest BCUT2D eigenvalue weighted by Gasteiger charge is 2.25. The first-order chi connectivity index (χ1) is 17.0. The van der Waals surface area contributed by atoms with Crippen LogP contribution in [0.3, 0.4) is 0 Å². The molecule has 1 aliphatic rings. The second kappa shape index (κ2) is 9.98. The van der Waals surface area contributed by atoms with E-state index in [1.54, 1.807) is 6.92 Å². The molecule has 3 heterocycles. The Balaban J connectivity index is 1.41. The molecule has 3 N–H and O–H groups in total. The Hall–Kier alpha value is -3.55. The predicted octanol–water partition coefficient (Wildman–Crippen LogP) is 4.64. The van der Waals surface area contributed by atoms with E-state index in [0.29, 0.717) is 23.8 Å². The number of hydrogen-bond acceptors (Lipinski definition) is 6. The van der Waals surface area contributed by atoms with E-state index in [9.17, 15) is 9.90 Å². The molecule has 1 saturated heterocycles. The van der Waals surface area contributed by atoms with Crippen LogP contribution < -0.4 is 10.6 Å². The zero-order chi connectivity index (χ0) is 24.4. The Morgan fingerprint density at radius 3 is 2.63 bits per heavy atom. The lowest BCUT2D eigenvalue weighted by atomic mass is 9.98. The van der Waals surface area contributed by atoms with Crippen LogP contribution in [0.15, 0.2) is 52.9 Å². The second-order valence-corrected chi connectivity index (χ2v) is 9.16. The molecule has 7 heteroatoms. The first kappa shape index (κ1) is 23.2. The number of amides is 1. The molecule has 7 nitrogen and oxygen atoms in total. The van der Waals surface area contributed by atoms with Crippen LogP contribution in [-0.2, 0) is 13.0 Å². The molecule has 2 aromatic heterocycles. The van der Waals surface area contributed by atoms with Crippen molar-refractivity contribution >= 4 is 22.5 Å². The number of aliphatic hydroxyl groups excluding tert-OH is 1. The number of aliphatic hydroxyl groups is 1. The van der Waals surface area contributed by atoms with Gasteiger partial charge >= 0.3 is 0 Å². The Bertz CT molecular complexity index is 1370. The lowest BCUT2D eigenvalue weighted by molar-refractivity contribution is 0.102. The number of rotatable bonds is 6. The average molecular weight is 471 g/mol. The fraction of sp³-hybridized carbons (Fsp3) is 0.321. The number of fused-ring (bicyclic) bond motifs is 1. The first-order valence-electron chi connectivity index (χ1n) is 12.1. The Morgan fingerprint density at radius 1 is 1.06 bits per heavy atom. The number of anilines is 1. The van der Waals surface area contributed by atoms with E-state index in [4.69, 9.17) is 9.40 Å². The number of nitrogens with one attached hydrogen (secondary N) is 2. The maximum absolute atomic E-state index is 13.2. The van der Waals surface area contributed by atoms with Gasteiger partial charge in [0, 0.05) is 29.1 Å². The fourth-order valence-corrected chi connectivity index (χ4v) is 4.85. The van der Waals surface area contributed by atoms with Crippen LogP contribution in [0, 0.1) is 13.8 Å². The Kier molecular flexibility index (Phi) is 6.61. The third-order valence-electron chi connectivity index (χ3n) is 6.67.